The molecule has 2 atom stereocenters. The predicted molar refractivity (Wildman–Crippen MR) is 70.7 cm³/mol. The van der Waals surface area contributed by atoms with Crippen LogP contribution in [-0.4, -0.2) is 22.5 Å². The average Bonchev–Trinajstić information content (AvgIpc) is 2.60. The topological polar surface area (TPSA) is 54.2 Å². The van der Waals surface area contributed by atoms with Crippen molar-refractivity contribution in [1.82, 2.24) is 9.88 Å². The normalized spacial score (nSPS) is 25.2. The van der Waals surface area contributed by atoms with Gasteiger partial charge < -0.3 is 5.43 Å². The molecule has 2 heterocycles. The fourth-order valence-electron chi connectivity index (χ4n) is 2.47. The molecule has 0 bridgehead atoms. The van der Waals surface area contributed by atoms with E-state index in [1.54, 1.807) is 6.07 Å². The third-order valence-corrected chi connectivity index (χ3v) is 3.68. The van der Waals surface area contributed by atoms with E-state index in [0.717, 1.165) is 24.7 Å². The molecule has 2 unspecified atom stereocenters. The second-order valence-electron chi connectivity index (χ2n) is 4.89. The molecular formula is C12H19ClN4. The van der Waals surface area contributed by atoms with Gasteiger partial charge in [-0.15, -0.1) is 0 Å². The number of nitrogens with zero attached hydrogens (tertiary/aromatic N) is 2. The summed E-state index contributed by atoms with van der Waals surface area (Å²) >= 11 is 6.16. The van der Waals surface area contributed by atoms with Crippen molar-refractivity contribution in [3.8, 4) is 0 Å². The number of hydrogen-bond donors (Lipinski definition) is 2. The van der Waals surface area contributed by atoms with Crippen LogP contribution in [0.4, 0.5) is 5.82 Å². The lowest BCUT2D eigenvalue weighted by atomic mass is 10.1. The van der Waals surface area contributed by atoms with Crippen molar-refractivity contribution in [2.45, 2.75) is 32.9 Å². The Bertz CT molecular complexity index is 396. The van der Waals surface area contributed by atoms with Gasteiger partial charge in [0.15, 0.2) is 0 Å². The molecule has 0 amide bonds. The zero-order chi connectivity index (χ0) is 12.4. The summed E-state index contributed by atoms with van der Waals surface area (Å²) in [6.45, 7) is 6.44. The van der Waals surface area contributed by atoms with Crippen molar-refractivity contribution in [3.63, 3.8) is 0 Å². The molecule has 1 aromatic heterocycles. The predicted octanol–water partition coefficient (Wildman–Crippen LogP) is 2.25. The van der Waals surface area contributed by atoms with Gasteiger partial charge in [0, 0.05) is 19.1 Å². The van der Waals surface area contributed by atoms with Crippen LogP contribution in [0, 0.1) is 5.92 Å². The summed E-state index contributed by atoms with van der Waals surface area (Å²) in [5, 5.41) is 0.704. The van der Waals surface area contributed by atoms with E-state index in [1.165, 1.54) is 6.42 Å². The molecule has 2 rings (SSSR count). The molecule has 0 aromatic carbocycles. The first-order chi connectivity index (χ1) is 8.10. The van der Waals surface area contributed by atoms with Crippen LogP contribution in [0.5, 0.6) is 0 Å². The van der Waals surface area contributed by atoms with Crippen LogP contribution in [-0.2, 0) is 6.54 Å². The number of nitrogens with two attached hydrogens (primary N) is 1. The molecule has 5 heteroatoms. The van der Waals surface area contributed by atoms with Gasteiger partial charge in [-0.05, 0) is 31.4 Å². The largest absolute Gasteiger partial charge is 0.308 e. The Morgan fingerprint density at radius 1 is 1.53 bits per heavy atom. The smallest absolute Gasteiger partial charge is 0.140 e. The summed E-state index contributed by atoms with van der Waals surface area (Å²) in [4.78, 5) is 6.82. The third kappa shape index (κ3) is 2.89. The average molecular weight is 255 g/mol. The highest BCUT2D eigenvalue weighted by atomic mass is 35.5. The van der Waals surface area contributed by atoms with Crippen molar-refractivity contribution < 1.29 is 0 Å². The van der Waals surface area contributed by atoms with E-state index in [0.29, 0.717) is 16.9 Å². The molecule has 3 N–H and O–H groups in total. The molecular weight excluding hydrogens is 236 g/mol. The van der Waals surface area contributed by atoms with Gasteiger partial charge in [-0.25, -0.2) is 10.8 Å². The Labute approximate surface area is 107 Å². The number of anilines is 1. The summed E-state index contributed by atoms with van der Waals surface area (Å²) in [5.74, 6) is 6.76. The van der Waals surface area contributed by atoms with Gasteiger partial charge in [0.1, 0.15) is 5.82 Å². The van der Waals surface area contributed by atoms with Gasteiger partial charge >= 0.3 is 0 Å². The zero-order valence-corrected chi connectivity index (χ0v) is 11.0. The number of nitrogens with one attached hydrogen (secondary N) is 1. The van der Waals surface area contributed by atoms with Gasteiger partial charge in [-0.2, -0.15) is 0 Å². The summed E-state index contributed by atoms with van der Waals surface area (Å²) in [6.07, 6.45) is 1.24. The quantitative estimate of drug-likeness (QED) is 0.642. The molecule has 17 heavy (non-hydrogen) atoms. The molecule has 1 fully saturated rings. The Balaban J connectivity index is 2.12. The van der Waals surface area contributed by atoms with Gasteiger partial charge in [0.25, 0.3) is 0 Å². The SMILES string of the molecule is CC1CC(C)N(Cc2nc(NN)ccc2Cl)C1. The molecule has 0 saturated carbocycles. The highest BCUT2D eigenvalue weighted by molar-refractivity contribution is 6.31. The molecule has 0 spiro atoms. The van der Waals surface area contributed by atoms with Crippen LogP contribution in [0.25, 0.3) is 0 Å². The maximum absolute atomic E-state index is 6.16. The van der Waals surface area contributed by atoms with Crippen molar-refractivity contribution >= 4 is 17.4 Å². The highest BCUT2D eigenvalue weighted by Crippen LogP contribution is 2.26. The maximum Gasteiger partial charge on any atom is 0.140 e. The Kier molecular flexibility index (Phi) is 3.86. The van der Waals surface area contributed by atoms with Gasteiger partial charge in [-0.1, -0.05) is 18.5 Å². The van der Waals surface area contributed by atoms with E-state index in [2.05, 4.69) is 29.2 Å². The van der Waals surface area contributed by atoms with Crippen molar-refractivity contribution in [3.05, 3.63) is 22.8 Å². The van der Waals surface area contributed by atoms with E-state index in [4.69, 9.17) is 17.4 Å². The summed E-state index contributed by atoms with van der Waals surface area (Å²) in [7, 11) is 0. The van der Waals surface area contributed by atoms with Gasteiger partial charge in [0.2, 0.25) is 0 Å². The fraction of sp³-hybridized carbons (Fsp3) is 0.583. The number of rotatable bonds is 3. The molecule has 1 saturated heterocycles. The number of aromatic nitrogens is 1. The van der Waals surface area contributed by atoms with Gasteiger partial charge in [0.05, 0.1) is 10.7 Å². The molecule has 1 aliphatic rings. The molecule has 1 aromatic rings. The summed E-state index contributed by atoms with van der Waals surface area (Å²) in [6, 6.07) is 4.21. The summed E-state index contributed by atoms with van der Waals surface area (Å²) < 4.78 is 0. The number of halogens is 1. The van der Waals surface area contributed by atoms with E-state index >= 15 is 0 Å². The standard InChI is InChI=1S/C12H19ClN4/c1-8-5-9(2)17(6-8)7-11-10(13)3-4-12(15-11)16-14/h3-4,8-9H,5-7,14H2,1-2H3,(H,15,16). The van der Waals surface area contributed by atoms with Crippen LogP contribution < -0.4 is 11.3 Å². The molecule has 4 nitrogen and oxygen atoms in total. The number of likely N-dealkylation sites (tertiary alicyclic amines) is 1. The number of hydrogen-bond acceptors (Lipinski definition) is 4. The van der Waals surface area contributed by atoms with E-state index in [-0.39, 0.29) is 0 Å². The molecule has 1 aliphatic heterocycles. The van der Waals surface area contributed by atoms with Crippen LogP contribution in [0.3, 0.4) is 0 Å². The minimum atomic E-state index is 0.595. The van der Waals surface area contributed by atoms with Crippen LogP contribution >= 0.6 is 11.6 Å². The van der Waals surface area contributed by atoms with Crippen molar-refractivity contribution in [2.24, 2.45) is 11.8 Å². The Hall–Kier alpha value is -0.840. The van der Waals surface area contributed by atoms with Crippen LogP contribution in [0.1, 0.15) is 26.0 Å². The highest BCUT2D eigenvalue weighted by Gasteiger charge is 2.26. The van der Waals surface area contributed by atoms with Crippen LogP contribution in [0.15, 0.2) is 12.1 Å². The lowest BCUT2D eigenvalue weighted by Crippen LogP contribution is -2.27. The van der Waals surface area contributed by atoms with E-state index in [1.807, 2.05) is 6.07 Å². The van der Waals surface area contributed by atoms with Gasteiger partial charge in [-0.3, -0.25) is 4.90 Å². The van der Waals surface area contributed by atoms with Crippen LogP contribution in [0.2, 0.25) is 5.02 Å². The molecule has 0 radical (unpaired) electrons. The Morgan fingerprint density at radius 2 is 2.29 bits per heavy atom. The van der Waals surface area contributed by atoms with E-state index in [9.17, 15) is 0 Å². The first kappa shape index (κ1) is 12.6. The second kappa shape index (κ2) is 5.21. The lowest BCUT2D eigenvalue weighted by Gasteiger charge is -2.21. The minimum Gasteiger partial charge on any atom is -0.308 e. The summed E-state index contributed by atoms with van der Waals surface area (Å²) in [5.41, 5.74) is 3.44. The van der Waals surface area contributed by atoms with Crippen molar-refractivity contribution in [2.75, 3.05) is 12.0 Å². The minimum absolute atomic E-state index is 0.595. The molecule has 0 aliphatic carbocycles. The maximum atomic E-state index is 6.16. The monoisotopic (exact) mass is 254 g/mol. The van der Waals surface area contributed by atoms with Crippen molar-refractivity contribution in [1.29, 1.82) is 0 Å². The fourth-order valence-corrected chi connectivity index (χ4v) is 2.64. The first-order valence-electron chi connectivity index (χ1n) is 5.96. The third-order valence-electron chi connectivity index (χ3n) is 3.33. The lowest BCUT2D eigenvalue weighted by molar-refractivity contribution is 0.254. The second-order valence-corrected chi connectivity index (χ2v) is 5.30. The number of nitrogen functional groups attached to an aromatic ring is 1. The number of hydrazine groups is 1. The number of pyridine rings is 1. The Morgan fingerprint density at radius 3 is 2.88 bits per heavy atom. The van der Waals surface area contributed by atoms with E-state index < -0.39 is 0 Å². The zero-order valence-electron chi connectivity index (χ0n) is 10.3. The molecule has 94 valence electrons. The first-order valence-corrected chi connectivity index (χ1v) is 6.34.